The fraction of sp³-hybridized carbons (Fsp3) is 0.600. The smallest absolute Gasteiger partial charge is 0.0342 e. The molecule has 1 nitrogen and oxygen atoms in total. The summed E-state index contributed by atoms with van der Waals surface area (Å²) in [5.41, 5.74) is 1.23. The third kappa shape index (κ3) is 5.20. The molecule has 0 saturated heterocycles. The van der Waals surface area contributed by atoms with Crippen LogP contribution >= 0.6 is 0 Å². The lowest BCUT2D eigenvalue weighted by molar-refractivity contribution is 0.474. The van der Waals surface area contributed by atoms with Crippen LogP contribution in [0.25, 0.3) is 0 Å². The van der Waals surface area contributed by atoms with E-state index >= 15 is 0 Å². The van der Waals surface area contributed by atoms with Crippen molar-refractivity contribution in [2.24, 2.45) is 5.92 Å². The Morgan fingerprint density at radius 2 is 1.75 bits per heavy atom. The van der Waals surface area contributed by atoms with E-state index in [1.54, 1.807) is 0 Å². The maximum absolute atomic E-state index is 3.53. The van der Waals surface area contributed by atoms with E-state index in [0.29, 0.717) is 6.04 Å². The van der Waals surface area contributed by atoms with Gasteiger partial charge in [-0.15, -0.1) is 0 Å². The molecule has 0 radical (unpaired) electrons. The van der Waals surface area contributed by atoms with Gasteiger partial charge in [-0.1, -0.05) is 51.3 Å². The standard InChI is InChI=1S/C15H25N/c1-4-13(2)9-8-10-14(3)16-15-11-6-5-7-12-15/h5-7,11-14,16H,4,8-10H2,1-3H3. The van der Waals surface area contributed by atoms with Crippen molar-refractivity contribution in [2.45, 2.75) is 52.5 Å². The first-order valence-corrected chi connectivity index (χ1v) is 6.54. The molecule has 0 spiro atoms. The van der Waals surface area contributed by atoms with E-state index in [-0.39, 0.29) is 0 Å². The minimum atomic E-state index is 0.575. The lowest BCUT2D eigenvalue weighted by Gasteiger charge is -2.16. The predicted molar refractivity (Wildman–Crippen MR) is 72.8 cm³/mol. The molecule has 0 heterocycles. The van der Waals surface area contributed by atoms with Gasteiger partial charge in [0.2, 0.25) is 0 Å². The first kappa shape index (κ1) is 13.1. The highest BCUT2D eigenvalue weighted by Gasteiger charge is 2.03. The van der Waals surface area contributed by atoms with Crippen molar-refractivity contribution in [3.8, 4) is 0 Å². The van der Waals surface area contributed by atoms with Crippen molar-refractivity contribution in [2.75, 3.05) is 5.32 Å². The van der Waals surface area contributed by atoms with E-state index in [1.807, 2.05) is 0 Å². The lowest BCUT2D eigenvalue weighted by Crippen LogP contribution is -2.15. The van der Waals surface area contributed by atoms with Crippen LogP contribution < -0.4 is 5.32 Å². The van der Waals surface area contributed by atoms with Gasteiger partial charge in [-0.05, 0) is 31.4 Å². The zero-order valence-electron chi connectivity index (χ0n) is 10.9. The third-order valence-corrected chi connectivity index (χ3v) is 3.22. The molecule has 0 fully saturated rings. The van der Waals surface area contributed by atoms with Gasteiger partial charge in [-0.2, -0.15) is 0 Å². The summed E-state index contributed by atoms with van der Waals surface area (Å²) in [6.07, 6.45) is 5.26. The molecule has 1 N–H and O–H groups in total. The maximum Gasteiger partial charge on any atom is 0.0342 e. The Morgan fingerprint density at radius 3 is 2.38 bits per heavy atom. The Morgan fingerprint density at radius 1 is 1.06 bits per heavy atom. The maximum atomic E-state index is 3.53. The Kier molecular flexibility index (Phi) is 5.99. The van der Waals surface area contributed by atoms with Gasteiger partial charge in [0.15, 0.2) is 0 Å². The topological polar surface area (TPSA) is 12.0 Å². The minimum Gasteiger partial charge on any atom is -0.383 e. The first-order chi connectivity index (χ1) is 7.72. The number of anilines is 1. The predicted octanol–water partition coefficient (Wildman–Crippen LogP) is 4.70. The molecule has 0 saturated carbocycles. The molecule has 1 rings (SSSR count). The number of nitrogens with one attached hydrogen (secondary N) is 1. The van der Waals surface area contributed by atoms with Crippen LogP contribution in [0.5, 0.6) is 0 Å². The molecular formula is C15H25N. The van der Waals surface area contributed by atoms with E-state index < -0.39 is 0 Å². The lowest BCUT2D eigenvalue weighted by atomic mass is 10.00. The van der Waals surface area contributed by atoms with Crippen LogP contribution in [0.15, 0.2) is 30.3 Å². The summed E-state index contributed by atoms with van der Waals surface area (Å²) in [6.45, 7) is 6.88. The van der Waals surface area contributed by atoms with Crippen LogP contribution in [-0.4, -0.2) is 6.04 Å². The minimum absolute atomic E-state index is 0.575. The highest BCUT2D eigenvalue weighted by atomic mass is 14.9. The Labute approximate surface area is 100 Å². The van der Waals surface area contributed by atoms with E-state index in [9.17, 15) is 0 Å². The van der Waals surface area contributed by atoms with Crippen molar-refractivity contribution in [1.82, 2.24) is 0 Å². The second kappa shape index (κ2) is 7.32. The molecule has 16 heavy (non-hydrogen) atoms. The molecule has 0 aliphatic heterocycles. The molecule has 0 aliphatic carbocycles. The van der Waals surface area contributed by atoms with Crippen molar-refractivity contribution in [1.29, 1.82) is 0 Å². The molecule has 1 heteroatoms. The monoisotopic (exact) mass is 219 g/mol. The zero-order valence-corrected chi connectivity index (χ0v) is 10.9. The molecule has 0 aliphatic rings. The van der Waals surface area contributed by atoms with Crippen LogP contribution in [-0.2, 0) is 0 Å². The summed E-state index contributed by atoms with van der Waals surface area (Å²) in [5, 5.41) is 3.53. The Bertz CT molecular complexity index is 268. The normalized spacial score (nSPS) is 14.4. The van der Waals surface area contributed by atoms with Crippen LogP contribution in [0.3, 0.4) is 0 Å². The summed E-state index contributed by atoms with van der Waals surface area (Å²) in [5.74, 6) is 0.879. The van der Waals surface area contributed by atoms with Crippen LogP contribution in [0, 0.1) is 5.92 Å². The third-order valence-electron chi connectivity index (χ3n) is 3.22. The van der Waals surface area contributed by atoms with Crippen LogP contribution in [0.2, 0.25) is 0 Å². The van der Waals surface area contributed by atoms with E-state index in [1.165, 1.54) is 31.4 Å². The quantitative estimate of drug-likeness (QED) is 0.700. The van der Waals surface area contributed by atoms with Gasteiger partial charge in [0.25, 0.3) is 0 Å². The van der Waals surface area contributed by atoms with Gasteiger partial charge >= 0.3 is 0 Å². The van der Waals surface area contributed by atoms with Gasteiger partial charge in [0, 0.05) is 11.7 Å². The number of hydrogen-bond donors (Lipinski definition) is 1. The highest BCUT2D eigenvalue weighted by Crippen LogP contribution is 2.14. The molecule has 1 aromatic rings. The average molecular weight is 219 g/mol. The van der Waals surface area contributed by atoms with Crippen LogP contribution in [0.1, 0.15) is 46.5 Å². The number of para-hydroxylation sites is 1. The second-order valence-electron chi connectivity index (χ2n) is 4.86. The molecular weight excluding hydrogens is 194 g/mol. The van der Waals surface area contributed by atoms with Gasteiger partial charge in [-0.3, -0.25) is 0 Å². The fourth-order valence-corrected chi connectivity index (χ4v) is 1.87. The first-order valence-electron chi connectivity index (χ1n) is 6.54. The summed E-state index contributed by atoms with van der Waals surface area (Å²) in [4.78, 5) is 0. The Hall–Kier alpha value is -0.980. The summed E-state index contributed by atoms with van der Waals surface area (Å²) in [6, 6.07) is 11.0. The summed E-state index contributed by atoms with van der Waals surface area (Å²) < 4.78 is 0. The van der Waals surface area contributed by atoms with Crippen molar-refractivity contribution < 1.29 is 0 Å². The van der Waals surface area contributed by atoms with E-state index in [2.05, 4.69) is 56.4 Å². The Balaban J connectivity index is 2.19. The molecule has 2 atom stereocenters. The molecule has 1 aromatic carbocycles. The highest BCUT2D eigenvalue weighted by molar-refractivity contribution is 5.43. The summed E-state index contributed by atoms with van der Waals surface area (Å²) in [7, 11) is 0. The molecule has 2 unspecified atom stereocenters. The molecule has 0 aromatic heterocycles. The zero-order chi connectivity index (χ0) is 11.8. The SMILES string of the molecule is CCC(C)CCCC(C)Nc1ccccc1. The van der Waals surface area contributed by atoms with Gasteiger partial charge in [0.05, 0.1) is 0 Å². The molecule has 0 amide bonds. The van der Waals surface area contributed by atoms with Gasteiger partial charge < -0.3 is 5.32 Å². The van der Waals surface area contributed by atoms with Crippen LogP contribution in [0.4, 0.5) is 5.69 Å². The number of rotatable bonds is 7. The van der Waals surface area contributed by atoms with E-state index in [4.69, 9.17) is 0 Å². The van der Waals surface area contributed by atoms with Gasteiger partial charge in [0.1, 0.15) is 0 Å². The second-order valence-corrected chi connectivity index (χ2v) is 4.86. The summed E-state index contributed by atoms with van der Waals surface area (Å²) >= 11 is 0. The molecule has 90 valence electrons. The van der Waals surface area contributed by atoms with E-state index in [0.717, 1.165) is 5.92 Å². The molecule has 0 bridgehead atoms. The largest absolute Gasteiger partial charge is 0.383 e. The number of benzene rings is 1. The van der Waals surface area contributed by atoms with Crippen molar-refractivity contribution >= 4 is 5.69 Å². The fourth-order valence-electron chi connectivity index (χ4n) is 1.87. The van der Waals surface area contributed by atoms with Gasteiger partial charge in [-0.25, -0.2) is 0 Å². The van der Waals surface area contributed by atoms with Crippen molar-refractivity contribution in [3.05, 3.63) is 30.3 Å². The van der Waals surface area contributed by atoms with Crippen molar-refractivity contribution in [3.63, 3.8) is 0 Å². The average Bonchev–Trinajstić information content (AvgIpc) is 2.30. The number of hydrogen-bond acceptors (Lipinski definition) is 1.